The first kappa shape index (κ1) is 17.2. The maximum absolute atomic E-state index is 6.22. The maximum Gasteiger partial charge on any atom is 0.218 e. The van der Waals surface area contributed by atoms with Gasteiger partial charge in [-0.25, -0.2) is 9.99 Å². The van der Waals surface area contributed by atoms with E-state index in [2.05, 4.69) is 22.1 Å². The summed E-state index contributed by atoms with van der Waals surface area (Å²) in [7, 11) is 0. The average molecular weight is 376 g/mol. The lowest BCUT2D eigenvalue weighted by molar-refractivity contribution is 0.469. The summed E-state index contributed by atoms with van der Waals surface area (Å²) in [4.78, 5) is 8.59. The zero-order chi connectivity index (χ0) is 18.6. The Bertz CT molecular complexity index is 968. The SMILES string of the molecule is NC(=Nc1ccccn1)N1CC(c2ccccc2)C(c2ccc(Cl)cc2)=N1. The fourth-order valence-electron chi connectivity index (χ4n) is 3.07. The Labute approximate surface area is 162 Å². The number of hydrazone groups is 1. The molecular weight excluding hydrogens is 358 g/mol. The molecule has 0 radical (unpaired) electrons. The van der Waals surface area contributed by atoms with Gasteiger partial charge in [-0.2, -0.15) is 10.1 Å². The molecule has 134 valence electrons. The van der Waals surface area contributed by atoms with Crippen molar-refractivity contribution in [3.63, 3.8) is 0 Å². The highest BCUT2D eigenvalue weighted by Gasteiger charge is 2.30. The highest BCUT2D eigenvalue weighted by Crippen LogP contribution is 2.29. The number of pyridine rings is 1. The molecule has 0 saturated heterocycles. The van der Waals surface area contributed by atoms with E-state index in [1.807, 2.05) is 54.6 Å². The van der Waals surface area contributed by atoms with Crippen molar-refractivity contribution in [1.82, 2.24) is 9.99 Å². The first-order valence-corrected chi connectivity index (χ1v) is 9.00. The van der Waals surface area contributed by atoms with Gasteiger partial charge >= 0.3 is 0 Å². The van der Waals surface area contributed by atoms with Gasteiger partial charge in [-0.3, -0.25) is 0 Å². The summed E-state index contributed by atoms with van der Waals surface area (Å²) in [6.07, 6.45) is 1.69. The molecule has 1 aliphatic rings. The monoisotopic (exact) mass is 375 g/mol. The molecular formula is C21H18ClN5. The number of rotatable bonds is 3. The predicted molar refractivity (Wildman–Crippen MR) is 109 cm³/mol. The first-order valence-electron chi connectivity index (χ1n) is 8.63. The quantitative estimate of drug-likeness (QED) is 0.551. The molecule has 0 fully saturated rings. The van der Waals surface area contributed by atoms with Crippen LogP contribution in [0.1, 0.15) is 17.0 Å². The minimum absolute atomic E-state index is 0.0878. The first-order chi connectivity index (χ1) is 13.2. The van der Waals surface area contributed by atoms with E-state index in [0.29, 0.717) is 23.3 Å². The fourth-order valence-corrected chi connectivity index (χ4v) is 3.19. The molecule has 1 unspecified atom stereocenters. The van der Waals surface area contributed by atoms with Crippen molar-refractivity contribution in [3.8, 4) is 0 Å². The lowest BCUT2D eigenvalue weighted by Gasteiger charge is -2.15. The average Bonchev–Trinajstić information content (AvgIpc) is 3.16. The van der Waals surface area contributed by atoms with Crippen LogP contribution in [0.25, 0.3) is 0 Å². The van der Waals surface area contributed by atoms with E-state index in [4.69, 9.17) is 22.4 Å². The molecule has 27 heavy (non-hydrogen) atoms. The smallest absolute Gasteiger partial charge is 0.218 e. The van der Waals surface area contributed by atoms with Crippen molar-refractivity contribution in [2.24, 2.45) is 15.8 Å². The molecule has 0 amide bonds. The number of benzene rings is 2. The molecule has 2 heterocycles. The molecule has 3 aromatic rings. The molecule has 0 spiro atoms. The summed E-state index contributed by atoms with van der Waals surface area (Å²) in [5.74, 6) is 0.963. The molecule has 1 atom stereocenters. The van der Waals surface area contributed by atoms with Gasteiger partial charge in [0.25, 0.3) is 0 Å². The van der Waals surface area contributed by atoms with Crippen molar-refractivity contribution in [1.29, 1.82) is 0 Å². The normalized spacial score (nSPS) is 17.1. The fraction of sp³-hybridized carbons (Fsp3) is 0.0952. The van der Waals surface area contributed by atoms with Crippen molar-refractivity contribution >= 4 is 29.1 Å². The summed E-state index contributed by atoms with van der Waals surface area (Å²) in [6, 6.07) is 23.5. The molecule has 1 aromatic heterocycles. The minimum atomic E-state index is 0.0878. The lowest BCUT2D eigenvalue weighted by atomic mass is 9.91. The van der Waals surface area contributed by atoms with Gasteiger partial charge in [-0.05, 0) is 35.4 Å². The second kappa shape index (κ2) is 7.60. The lowest BCUT2D eigenvalue weighted by Crippen LogP contribution is -2.32. The Kier molecular flexibility index (Phi) is 4.85. The Morgan fingerprint density at radius 2 is 1.74 bits per heavy atom. The third-order valence-electron chi connectivity index (χ3n) is 4.40. The summed E-state index contributed by atoms with van der Waals surface area (Å²) >= 11 is 6.04. The van der Waals surface area contributed by atoms with Crippen LogP contribution in [0.4, 0.5) is 5.82 Å². The molecule has 1 aliphatic heterocycles. The topological polar surface area (TPSA) is 66.9 Å². The maximum atomic E-state index is 6.22. The van der Waals surface area contributed by atoms with Crippen LogP contribution in [0, 0.1) is 0 Å². The number of halogens is 1. The molecule has 2 N–H and O–H groups in total. The number of hydrogen-bond donors (Lipinski definition) is 1. The van der Waals surface area contributed by atoms with Gasteiger partial charge in [-0.1, -0.05) is 60.1 Å². The highest BCUT2D eigenvalue weighted by atomic mass is 35.5. The zero-order valence-electron chi connectivity index (χ0n) is 14.5. The third-order valence-corrected chi connectivity index (χ3v) is 4.65. The van der Waals surface area contributed by atoms with Gasteiger partial charge in [0, 0.05) is 17.1 Å². The largest absolute Gasteiger partial charge is 0.368 e. The second-order valence-corrected chi connectivity index (χ2v) is 6.63. The van der Waals surface area contributed by atoms with Crippen LogP contribution >= 0.6 is 11.6 Å². The Morgan fingerprint density at radius 1 is 1.00 bits per heavy atom. The number of aromatic nitrogens is 1. The summed E-state index contributed by atoms with van der Waals surface area (Å²) in [6.45, 7) is 0.615. The van der Waals surface area contributed by atoms with Crippen LogP contribution in [0.2, 0.25) is 5.02 Å². The Balaban J connectivity index is 1.70. The Morgan fingerprint density at radius 3 is 2.44 bits per heavy atom. The van der Waals surface area contributed by atoms with Crippen molar-refractivity contribution < 1.29 is 0 Å². The number of aliphatic imine (C=N–C) groups is 1. The molecule has 6 heteroatoms. The minimum Gasteiger partial charge on any atom is -0.368 e. The highest BCUT2D eigenvalue weighted by molar-refractivity contribution is 6.30. The van der Waals surface area contributed by atoms with Gasteiger partial charge in [-0.15, -0.1) is 0 Å². The van der Waals surface area contributed by atoms with Crippen LogP contribution in [-0.4, -0.2) is 28.2 Å². The van der Waals surface area contributed by atoms with Crippen molar-refractivity contribution in [2.45, 2.75) is 5.92 Å². The molecule has 0 bridgehead atoms. The van der Waals surface area contributed by atoms with E-state index in [-0.39, 0.29) is 5.92 Å². The molecule has 0 saturated carbocycles. The van der Waals surface area contributed by atoms with Crippen LogP contribution in [0.15, 0.2) is 89.1 Å². The molecule has 5 nitrogen and oxygen atoms in total. The van der Waals surface area contributed by atoms with Gasteiger partial charge in [0.1, 0.15) is 0 Å². The van der Waals surface area contributed by atoms with Crippen LogP contribution in [0.5, 0.6) is 0 Å². The van der Waals surface area contributed by atoms with E-state index >= 15 is 0 Å². The standard InChI is InChI=1S/C21H18ClN5/c22-17-11-9-16(10-12-17)20-18(15-6-2-1-3-7-15)14-27(26-20)21(23)25-19-8-4-5-13-24-19/h1-13,18H,14H2,(H2,23,24,25). The summed E-state index contributed by atoms with van der Waals surface area (Å²) in [5, 5.41) is 7.19. The summed E-state index contributed by atoms with van der Waals surface area (Å²) < 4.78 is 0. The van der Waals surface area contributed by atoms with E-state index in [1.165, 1.54) is 5.56 Å². The third kappa shape index (κ3) is 3.83. The van der Waals surface area contributed by atoms with Crippen LogP contribution in [0.3, 0.4) is 0 Å². The van der Waals surface area contributed by atoms with Gasteiger partial charge in [0.2, 0.25) is 5.96 Å². The van der Waals surface area contributed by atoms with Crippen molar-refractivity contribution in [3.05, 3.63) is 95.1 Å². The predicted octanol–water partition coefficient (Wildman–Crippen LogP) is 4.18. The number of guanidine groups is 1. The van der Waals surface area contributed by atoms with Gasteiger partial charge in [0.05, 0.1) is 12.3 Å². The number of hydrogen-bond acceptors (Lipinski definition) is 3. The Hall–Kier alpha value is -3.18. The number of nitrogens with two attached hydrogens (primary N) is 1. The molecule has 0 aliphatic carbocycles. The van der Waals surface area contributed by atoms with Gasteiger partial charge < -0.3 is 5.73 Å². The second-order valence-electron chi connectivity index (χ2n) is 6.20. The van der Waals surface area contributed by atoms with E-state index in [1.54, 1.807) is 17.3 Å². The molecule has 4 rings (SSSR count). The van der Waals surface area contributed by atoms with E-state index in [9.17, 15) is 0 Å². The van der Waals surface area contributed by atoms with E-state index < -0.39 is 0 Å². The van der Waals surface area contributed by atoms with Crippen molar-refractivity contribution in [2.75, 3.05) is 6.54 Å². The van der Waals surface area contributed by atoms with E-state index in [0.717, 1.165) is 11.3 Å². The van der Waals surface area contributed by atoms with Crippen LogP contribution < -0.4 is 5.73 Å². The van der Waals surface area contributed by atoms with Gasteiger partial charge in [0.15, 0.2) is 5.82 Å². The number of nitrogens with zero attached hydrogens (tertiary/aromatic N) is 4. The zero-order valence-corrected chi connectivity index (χ0v) is 15.3. The van der Waals surface area contributed by atoms with Crippen LogP contribution in [-0.2, 0) is 0 Å². The summed E-state index contributed by atoms with van der Waals surface area (Å²) in [5.41, 5.74) is 9.36. The molecule has 2 aromatic carbocycles.